The number of rotatable bonds is 2. The Labute approximate surface area is 97.0 Å². The van der Waals surface area contributed by atoms with Gasteiger partial charge in [-0.3, -0.25) is 0 Å². The number of carbonyl (C=O) groups excluding carboxylic acids is 1. The van der Waals surface area contributed by atoms with Crippen molar-refractivity contribution in [2.75, 3.05) is 0 Å². The number of halogens is 1. The van der Waals surface area contributed by atoms with Crippen LogP contribution < -0.4 is 40.4 Å². The maximum Gasteiger partial charge on any atom is 1.00 e. The van der Waals surface area contributed by atoms with E-state index in [2.05, 4.69) is 0 Å². The van der Waals surface area contributed by atoms with Crippen molar-refractivity contribution in [1.82, 2.24) is 0 Å². The van der Waals surface area contributed by atoms with Crippen LogP contribution in [-0.4, -0.2) is 5.97 Å². The van der Waals surface area contributed by atoms with Crippen LogP contribution in [-0.2, 0) is 4.79 Å². The average Bonchev–Trinajstić information content (AvgIpc) is 2.04. The van der Waals surface area contributed by atoms with Crippen LogP contribution in [0.2, 0.25) is 0 Å². The van der Waals surface area contributed by atoms with Crippen LogP contribution in [0.1, 0.15) is 11.6 Å². The van der Waals surface area contributed by atoms with Crippen LogP contribution in [0.3, 0.4) is 0 Å². The summed E-state index contributed by atoms with van der Waals surface area (Å²) in [5, 5.41) is 10.2. The fourth-order valence-corrected chi connectivity index (χ4v) is 0.854. The van der Waals surface area contributed by atoms with Crippen molar-refractivity contribution >= 4 is 5.97 Å². The van der Waals surface area contributed by atoms with E-state index in [-0.39, 0.29) is 35.1 Å². The molecule has 0 bridgehead atoms. The predicted molar refractivity (Wildman–Crippen MR) is 38.3 cm³/mol. The van der Waals surface area contributed by atoms with E-state index in [4.69, 9.17) is 5.73 Å². The van der Waals surface area contributed by atoms with Crippen molar-refractivity contribution in [1.29, 1.82) is 0 Å². The minimum Gasteiger partial charge on any atom is -0.548 e. The summed E-state index contributed by atoms with van der Waals surface area (Å²) in [6, 6.07) is 4.04. The molecule has 5 heteroatoms. The number of carbonyl (C=O) groups is 1. The zero-order valence-electron chi connectivity index (χ0n) is 7.16. The third kappa shape index (κ3) is 3.08. The molecule has 0 aliphatic heterocycles. The summed E-state index contributed by atoms with van der Waals surface area (Å²) < 4.78 is 12.8. The first kappa shape index (κ1) is 12.6. The van der Waals surface area contributed by atoms with E-state index < -0.39 is 17.8 Å². The van der Waals surface area contributed by atoms with Gasteiger partial charge in [-0.1, -0.05) is 18.2 Å². The molecule has 3 nitrogen and oxygen atoms in total. The van der Waals surface area contributed by atoms with Crippen LogP contribution in [0.4, 0.5) is 4.39 Å². The first-order valence-corrected chi connectivity index (χ1v) is 3.34. The molecule has 0 aliphatic carbocycles. The molecule has 1 atom stereocenters. The first-order valence-electron chi connectivity index (χ1n) is 3.34. The SMILES string of the molecule is N[C@@H](C(=O)[O-])c1ccccc1F.[Na+]. The maximum atomic E-state index is 12.8. The van der Waals surface area contributed by atoms with Gasteiger partial charge in [0, 0.05) is 5.56 Å². The summed E-state index contributed by atoms with van der Waals surface area (Å²) in [7, 11) is 0. The normalized spacial score (nSPS) is 11.5. The zero-order valence-corrected chi connectivity index (χ0v) is 9.16. The molecule has 0 spiro atoms. The van der Waals surface area contributed by atoms with Crippen LogP contribution in [0.5, 0.6) is 0 Å². The first-order chi connectivity index (χ1) is 5.63. The van der Waals surface area contributed by atoms with Gasteiger partial charge in [0.05, 0.1) is 12.0 Å². The van der Waals surface area contributed by atoms with Gasteiger partial charge in [-0.25, -0.2) is 4.39 Å². The number of hydrogen-bond acceptors (Lipinski definition) is 3. The number of carboxylic acid groups (broad SMARTS) is 1. The summed E-state index contributed by atoms with van der Waals surface area (Å²) in [5.74, 6) is -2.12. The number of benzene rings is 1. The topological polar surface area (TPSA) is 66.2 Å². The fourth-order valence-electron chi connectivity index (χ4n) is 0.854. The molecule has 1 aromatic carbocycles. The fraction of sp³-hybridized carbons (Fsp3) is 0.125. The molecule has 13 heavy (non-hydrogen) atoms. The van der Waals surface area contributed by atoms with Crippen molar-refractivity contribution in [2.45, 2.75) is 6.04 Å². The van der Waals surface area contributed by atoms with E-state index in [1.54, 1.807) is 0 Å². The Morgan fingerprint density at radius 2 is 2.00 bits per heavy atom. The van der Waals surface area contributed by atoms with Crippen molar-refractivity contribution in [2.24, 2.45) is 5.73 Å². The van der Waals surface area contributed by atoms with Crippen molar-refractivity contribution in [3.05, 3.63) is 35.6 Å². The van der Waals surface area contributed by atoms with Crippen LogP contribution >= 0.6 is 0 Å². The minimum absolute atomic E-state index is 0. The van der Waals surface area contributed by atoms with Gasteiger partial charge in [-0.05, 0) is 6.07 Å². The van der Waals surface area contributed by atoms with Crippen LogP contribution in [0.15, 0.2) is 24.3 Å². The smallest absolute Gasteiger partial charge is 0.548 e. The van der Waals surface area contributed by atoms with Crippen molar-refractivity contribution < 1.29 is 43.8 Å². The standard InChI is InChI=1S/C8H8FNO2.Na/c9-6-4-2-1-3-5(6)7(10)8(11)12;/h1-4,7H,10H2,(H,11,12);/q;+1/p-1/t7-;/m1./s1. The largest absolute Gasteiger partial charge is 1.00 e. The van der Waals surface area contributed by atoms with Gasteiger partial charge in [0.15, 0.2) is 0 Å². The summed E-state index contributed by atoms with van der Waals surface area (Å²) in [4.78, 5) is 10.2. The molecule has 0 saturated heterocycles. The Morgan fingerprint density at radius 1 is 1.46 bits per heavy atom. The molecular formula is C8H7FNNaO2. The van der Waals surface area contributed by atoms with E-state index in [1.165, 1.54) is 18.2 Å². The Kier molecular flexibility index (Phi) is 5.17. The molecule has 0 radical (unpaired) electrons. The van der Waals surface area contributed by atoms with Gasteiger partial charge in [0.25, 0.3) is 0 Å². The molecule has 2 N–H and O–H groups in total. The molecule has 64 valence electrons. The number of hydrogen-bond donors (Lipinski definition) is 1. The molecule has 1 aromatic rings. The Bertz CT molecular complexity index is 306. The average molecular weight is 191 g/mol. The van der Waals surface area contributed by atoms with Crippen molar-refractivity contribution in [3.63, 3.8) is 0 Å². The summed E-state index contributed by atoms with van der Waals surface area (Å²) in [6.07, 6.45) is 0. The molecule has 1 rings (SSSR count). The molecule has 0 aromatic heterocycles. The monoisotopic (exact) mass is 191 g/mol. The maximum absolute atomic E-state index is 12.8. The summed E-state index contributed by atoms with van der Waals surface area (Å²) in [5.41, 5.74) is 5.08. The van der Waals surface area contributed by atoms with Gasteiger partial charge in [0.1, 0.15) is 5.82 Å². The van der Waals surface area contributed by atoms with Crippen molar-refractivity contribution in [3.8, 4) is 0 Å². The van der Waals surface area contributed by atoms with Gasteiger partial charge >= 0.3 is 29.6 Å². The molecular weight excluding hydrogens is 184 g/mol. The predicted octanol–water partition coefficient (Wildman–Crippen LogP) is -3.42. The third-order valence-electron chi connectivity index (χ3n) is 1.49. The van der Waals surface area contributed by atoms with Gasteiger partial charge in [-0.15, -0.1) is 0 Å². The second-order valence-corrected chi connectivity index (χ2v) is 2.32. The van der Waals surface area contributed by atoms with Crippen LogP contribution in [0.25, 0.3) is 0 Å². The summed E-state index contributed by atoms with van der Waals surface area (Å²) in [6.45, 7) is 0. The number of aliphatic carboxylic acids is 1. The molecule has 0 amide bonds. The molecule has 0 heterocycles. The molecule has 0 fully saturated rings. The van der Waals surface area contributed by atoms with E-state index in [1.807, 2.05) is 0 Å². The van der Waals surface area contributed by atoms with E-state index in [0.717, 1.165) is 6.07 Å². The van der Waals surface area contributed by atoms with E-state index >= 15 is 0 Å². The minimum atomic E-state index is -1.49. The van der Waals surface area contributed by atoms with Gasteiger partial charge in [-0.2, -0.15) is 0 Å². The molecule has 0 unspecified atom stereocenters. The Hall–Kier alpha value is -0.420. The van der Waals surface area contributed by atoms with Gasteiger partial charge < -0.3 is 15.6 Å². The number of carboxylic acids is 1. The molecule has 0 aliphatic rings. The Balaban J connectivity index is 0.00000144. The van der Waals surface area contributed by atoms with Crippen LogP contribution in [0, 0.1) is 5.82 Å². The van der Waals surface area contributed by atoms with E-state index in [0.29, 0.717) is 0 Å². The quantitative estimate of drug-likeness (QED) is 0.495. The second kappa shape index (κ2) is 5.34. The number of nitrogens with two attached hydrogens (primary N) is 1. The third-order valence-corrected chi connectivity index (χ3v) is 1.49. The molecule has 0 saturated carbocycles. The van der Waals surface area contributed by atoms with E-state index in [9.17, 15) is 14.3 Å². The second-order valence-electron chi connectivity index (χ2n) is 2.32. The Morgan fingerprint density at radius 3 is 2.46 bits per heavy atom. The zero-order chi connectivity index (χ0) is 9.14. The summed E-state index contributed by atoms with van der Waals surface area (Å²) >= 11 is 0. The van der Waals surface area contributed by atoms with Gasteiger partial charge in [0.2, 0.25) is 0 Å².